The summed E-state index contributed by atoms with van der Waals surface area (Å²) in [6, 6.07) is 17.3. The first-order chi connectivity index (χ1) is 13.6. The fraction of sp³-hybridized carbons (Fsp3) is 0.227. The highest BCUT2D eigenvalue weighted by molar-refractivity contribution is 5.91. The molecule has 1 amide bonds. The number of aromatic nitrogens is 2. The lowest BCUT2D eigenvalue weighted by molar-refractivity contribution is -0.116. The summed E-state index contributed by atoms with van der Waals surface area (Å²) in [5.74, 6) is 1.42. The van der Waals surface area contributed by atoms with Gasteiger partial charge in [0.2, 0.25) is 5.91 Å². The minimum absolute atomic E-state index is 0.0858. The van der Waals surface area contributed by atoms with Crippen LogP contribution in [0.2, 0.25) is 0 Å². The summed E-state index contributed by atoms with van der Waals surface area (Å²) in [5.41, 5.74) is 3.78. The Kier molecular flexibility index (Phi) is 6.57. The van der Waals surface area contributed by atoms with E-state index in [0.717, 1.165) is 35.1 Å². The van der Waals surface area contributed by atoms with Gasteiger partial charge in [-0.25, -0.2) is 9.97 Å². The number of benzene rings is 2. The zero-order valence-corrected chi connectivity index (χ0v) is 16.1. The van der Waals surface area contributed by atoms with Crippen LogP contribution in [-0.2, 0) is 11.2 Å². The molecule has 0 aliphatic rings. The SMILES string of the molecule is CCc1ccc(OCCC(=O)Nc2ccc(Nc3cc(C)ncn3)cc2)cc1. The van der Waals surface area contributed by atoms with Crippen LogP contribution < -0.4 is 15.4 Å². The first kappa shape index (κ1) is 19.4. The van der Waals surface area contributed by atoms with Crippen molar-refractivity contribution in [3.05, 3.63) is 72.2 Å². The Balaban J connectivity index is 1.44. The third-order valence-electron chi connectivity index (χ3n) is 4.17. The van der Waals surface area contributed by atoms with Crippen molar-refractivity contribution in [1.29, 1.82) is 0 Å². The lowest BCUT2D eigenvalue weighted by Gasteiger charge is -2.09. The van der Waals surface area contributed by atoms with E-state index in [0.29, 0.717) is 6.61 Å². The first-order valence-corrected chi connectivity index (χ1v) is 9.29. The van der Waals surface area contributed by atoms with Gasteiger partial charge in [-0.1, -0.05) is 19.1 Å². The number of carbonyl (C=O) groups is 1. The fourth-order valence-electron chi connectivity index (χ4n) is 2.61. The molecule has 0 spiro atoms. The van der Waals surface area contributed by atoms with E-state index >= 15 is 0 Å². The molecule has 3 rings (SSSR count). The molecule has 6 heteroatoms. The van der Waals surface area contributed by atoms with Crippen LogP contribution in [0.3, 0.4) is 0 Å². The summed E-state index contributed by atoms with van der Waals surface area (Å²) in [6.45, 7) is 4.36. The molecule has 0 fully saturated rings. The third-order valence-corrected chi connectivity index (χ3v) is 4.17. The summed E-state index contributed by atoms with van der Waals surface area (Å²) < 4.78 is 5.63. The molecule has 6 nitrogen and oxygen atoms in total. The van der Waals surface area contributed by atoms with E-state index in [9.17, 15) is 4.79 Å². The Morgan fingerprint density at radius 3 is 2.39 bits per heavy atom. The Hall–Kier alpha value is -3.41. The molecule has 0 saturated heterocycles. The molecule has 0 radical (unpaired) electrons. The second kappa shape index (κ2) is 9.50. The third kappa shape index (κ3) is 5.81. The highest BCUT2D eigenvalue weighted by Crippen LogP contribution is 2.18. The lowest BCUT2D eigenvalue weighted by atomic mass is 10.2. The molecule has 1 heterocycles. The summed E-state index contributed by atoms with van der Waals surface area (Å²) in [6.07, 6.45) is 2.80. The number of carbonyl (C=O) groups excluding carboxylic acids is 1. The van der Waals surface area contributed by atoms with Crippen molar-refractivity contribution in [2.75, 3.05) is 17.2 Å². The average molecular weight is 376 g/mol. The van der Waals surface area contributed by atoms with Crippen molar-refractivity contribution >= 4 is 23.1 Å². The first-order valence-electron chi connectivity index (χ1n) is 9.29. The molecular formula is C22H24N4O2. The maximum absolute atomic E-state index is 12.1. The molecule has 1 aromatic heterocycles. The molecule has 0 atom stereocenters. The molecule has 28 heavy (non-hydrogen) atoms. The second-order valence-corrected chi connectivity index (χ2v) is 6.39. The van der Waals surface area contributed by atoms with Crippen molar-refractivity contribution in [2.24, 2.45) is 0 Å². The minimum Gasteiger partial charge on any atom is -0.493 e. The van der Waals surface area contributed by atoms with E-state index in [4.69, 9.17) is 4.74 Å². The zero-order valence-electron chi connectivity index (χ0n) is 16.1. The normalized spacial score (nSPS) is 10.4. The van der Waals surface area contributed by atoms with Gasteiger partial charge in [-0.15, -0.1) is 0 Å². The molecule has 2 N–H and O–H groups in total. The molecule has 0 saturated carbocycles. The van der Waals surface area contributed by atoms with Gasteiger partial charge in [0.15, 0.2) is 0 Å². The van der Waals surface area contributed by atoms with Crippen molar-refractivity contribution in [1.82, 2.24) is 9.97 Å². The lowest BCUT2D eigenvalue weighted by Crippen LogP contribution is -2.15. The Morgan fingerprint density at radius 1 is 1.00 bits per heavy atom. The Bertz CT molecular complexity index is 909. The largest absolute Gasteiger partial charge is 0.493 e. The van der Waals surface area contributed by atoms with Crippen molar-refractivity contribution in [3.63, 3.8) is 0 Å². The van der Waals surface area contributed by atoms with Gasteiger partial charge in [-0.3, -0.25) is 4.79 Å². The second-order valence-electron chi connectivity index (χ2n) is 6.39. The van der Waals surface area contributed by atoms with Crippen LogP contribution >= 0.6 is 0 Å². The van der Waals surface area contributed by atoms with Gasteiger partial charge in [-0.05, 0) is 55.3 Å². The summed E-state index contributed by atoms with van der Waals surface area (Å²) >= 11 is 0. The molecular weight excluding hydrogens is 352 g/mol. The van der Waals surface area contributed by atoms with Crippen LogP contribution in [0.5, 0.6) is 5.75 Å². The molecule has 0 aliphatic carbocycles. The van der Waals surface area contributed by atoms with E-state index in [1.165, 1.54) is 11.9 Å². The number of rotatable bonds is 8. The highest BCUT2D eigenvalue weighted by Gasteiger charge is 2.04. The van der Waals surface area contributed by atoms with Crippen LogP contribution in [-0.4, -0.2) is 22.5 Å². The maximum atomic E-state index is 12.1. The predicted octanol–water partition coefficient (Wildman–Crippen LogP) is 4.50. The van der Waals surface area contributed by atoms with Crippen LogP contribution in [0, 0.1) is 6.92 Å². The quantitative estimate of drug-likeness (QED) is 0.605. The fourth-order valence-corrected chi connectivity index (χ4v) is 2.61. The van der Waals surface area contributed by atoms with E-state index < -0.39 is 0 Å². The number of aryl methyl sites for hydroxylation is 2. The molecule has 144 valence electrons. The topological polar surface area (TPSA) is 76.1 Å². The summed E-state index contributed by atoms with van der Waals surface area (Å²) in [4.78, 5) is 20.3. The Morgan fingerprint density at radius 2 is 1.71 bits per heavy atom. The number of amides is 1. The van der Waals surface area contributed by atoms with Crippen LogP contribution in [0.4, 0.5) is 17.2 Å². The van der Waals surface area contributed by atoms with Gasteiger partial charge in [0.1, 0.15) is 17.9 Å². The molecule has 0 bridgehead atoms. The number of nitrogens with one attached hydrogen (secondary N) is 2. The summed E-state index contributed by atoms with van der Waals surface area (Å²) in [7, 11) is 0. The maximum Gasteiger partial charge on any atom is 0.227 e. The monoisotopic (exact) mass is 376 g/mol. The Labute approximate surface area is 165 Å². The van der Waals surface area contributed by atoms with Crippen molar-refractivity contribution in [2.45, 2.75) is 26.7 Å². The molecule has 0 unspecified atom stereocenters. The molecule has 3 aromatic rings. The van der Waals surface area contributed by atoms with Gasteiger partial charge in [0, 0.05) is 23.1 Å². The summed E-state index contributed by atoms with van der Waals surface area (Å²) in [5, 5.41) is 6.08. The van der Waals surface area contributed by atoms with Crippen LogP contribution in [0.25, 0.3) is 0 Å². The van der Waals surface area contributed by atoms with Gasteiger partial charge >= 0.3 is 0 Å². The van der Waals surface area contributed by atoms with Gasteiger partial charge in [0.25, 0.3) is 0 Å². The van der Waals surface area contributed by atoms with Crippen molar-refractivity contribution < 1.29 is 9.53 Å². The van der Waals surface area contributed by atoms with Crippen molar-refractivity contribution in [3.8, 4) is 5.75 Å². The molecule has 2 aromatic carbocycles. The number of hydrogen-bond acceptors (Lipinski definition) is 5. The van der Waals surface area contributed by atoms with Gasteiger partial charge < -0.3 is 15.4 Å². The average Bonchev–Trinajstić information content (AvgIpc) is 2.70. The molecule has 0 aliphatic heterocycles. The van der Waals surface area contributed by atoms with Crippen LogP contribution in [0.1, 0.15) is 24.6 Å². The number of nitrogens with zero attached hydrogens (tertiary/aromatic N) is 2. The standard InChI is InChI=1S/C22H24N4O2/c1-3-17-4-10-20(11-5-17)28-13-12-22(27)26-19-8-6-18(7-9-19)25-21-14-16(2)23-15-24-21/h4-11,14-15H,3,12-13H2,1-2H3,(H,26,27)(H,23,24,25). The van der Waals surface area contributed by atoms with Gasteiger partial charge in [-0.2, -0.15) is 0 Å². The smallest absolute Gasteiger partial charge is 0.227 e. The van der Waals surface area contributed by atoms with Crippen LogP contribution in [0.15, 0.2) is 60.9 Å². The van der Waals surface area contributed by atoms with E-state index in [1.54, 1.807) is 0 Å². The van der Waals surface area contributed by atoms with E-state index in [2.05, 4.69) is 27.5 Å². The van der Waals surface area contributed by atoms with E-state index in [-0.39, 0.29) is 12.3 Å². The zero-order chi connectivity index (χ0) is 19.8. The highest BCUT2D eigenvalue weighted by atomic mass is 16.5. The van der Waals surface area contributed by atoms with Gasteiger partial charge in [0.05, 0.1) is 13.0 Å². The minimum atomic E-state index is -0.0858. The predicted molar refractivity (Wildman–Crippen MR) is 111 cm³/mol. The number of ether oxygens (including phenoxy) is 1. The number of anilines is 3. The number of hydrogen-bond donors (Lipinski definition) is 2. The van der Waals surface area contributed by atoms with E-state index in [1.807, 2.05) is 61.5 Å².